The van der Waals surface area contributed by atoms with E-state index in [0.29, 0.717) is 17.6 Å². The summed E-state index contributed by atoms with van der Waals surface area (Å²) in [4.78, 5) is 2.58. The van der Waals surface area contributed by atoms with Gasteiger partial charge in [0.25, 0.3) is 0 Å². The van der Waals surface area contributed by atoms with Crippen molar-refractivity contribution in [1.29, 1.82) is 0 Å². The fraction of sp³-hybridized carbons (Fsp3) is 1.00. The molecule has 0 unspecified atom stereocenters. The first kappa shape index (κ1) is 9.47. The standard InChI is InChI=1S/C11H21NO/c1-9-6-12(7-10(2)13-9)8-11(3)4-5-11/h9-10H,4-8H2,1-3H3/t9-,10-/m0/s1. The van der Waals surface area contributed by atoms with Gasteiger partial charge in [-0.1, -0.05) is 6.92 Å². The highest BCUT2D eigenvalue weighted by molar-refractivity contribution is 4.92. The Labute approximate surface area is 81.3 Å². The summed E-state index contributed by atoms with van der Waals surface area (Å²) >= 11 is 0. The van der Waals surface area contributed by atoms with Crippen LogP contribution >= 0.6 is 0 Å². The van der Waals surface area contributed by atoms with E-state index in [4.69, 9.17) is 4.74 Å². The Morgan fingerprint density at radius 2 is 1.77 bits per heavy atom. The monoisotopic (exact) mass is 183 g/mol. The smallest absolute Gasteiger partial charge is 0.0678 e. The Balaban J connectivity index is 1.84. The molecule has 0 radical (unpaired) electrons. The molecular weight excluding hydrogens is 162 g/mol. The second kappa shape index (κ2) is 3.25. The number of ether oxygens (including phenoxy) is 1. The number of nitrogens with zero attached hydrogens (tertiary/aromatic N) is 1. The molecule has 0 amide bonds. The molecule has 0 aromatic carbocycles. The van der Waals surface area contributed by atoms with Gasteiger partial charge in [0.15, 0.2) is 0 Å². The summed E-state index contributed by atoms with van der Waals surface area (Å²) in [5, 5.41) is 0. The van der Waals surface area contributed by atoms with Gasteiger partial charge in [-0.15, -0.1) is 0 Å². The molecule has 2 aliphatic rings. The van der Waals surface area contributed by atoms with Gasteiger partial charge in [0.1, 0.15) is 0 Å². The minimum absolute atomic E-state index is 0.422. The normalized spacial score (nSPS) is 39.0. The first-order valence-electron chi connectivity index (χ1n) is 5.45. The summed E-state index contributed by atoms with van der Waals surface area (Å²) in [5.41, 5.74) is 0.650. The molecule has 1 aliphatic heterocycles. The highest BCUT2D eigenvalue weighted by Gasteiger charge is 2.39. The summed E-state index contributed by atoms with van der Waals surface area (Å²) in [6.45, 7) is 10.3. The molecule has 76 valence electrons. The van der Waals surface area contributed by atoms with Crippen LogP contribution in [0.2, 0.25) is 0 Å². The van der Waals surface area contributed by atoms with E-state index < -0.39 is 0 Å². The second-order valence-electron chi connectivity index (χ2n) is 5.26. The van der Waals surface area contributed by atoms with Crippen molar-refractivity contribution < 1.29 is 4.74 Å². The highest BCUT2D eigenvalue weighted by atomic mass is 16.5. The van der Waals surface area contributed by atoms with Crippen LogP contribution in [0.25, 0.3) is 0 Å². The summed E-state index contributed by atoms with van der Waals surface area (Å²) in [6.07, 6.45) is 3.69. The average molecular weight is 183 g/mol. The topological polar surface area (TPSA) is 12.5 Å². The van der Waals surface area contributed by atoms with Crippen molar-refractivity contribution in [3.05, 3.63) is 0 Å². The summed E-state index contributed by atoms with van der Waals surface area (Å²) < 4.78 is 5.71. The number of morpholine rings is 1. The van der Waals surface area contributed by atoms with Gasteiger partial charge in [-0.2, -0.15) is 0 Å². The summed E-state index contributed by atoms with van der Waals surface area (Å²) in [5.74, 6) is 0. The highest BCUT2D eigenvalue weighted by Crippen LogP contribution is 2.45. The van der Waals surface area contributed by atoms with Crippen LogP contribution in [0.15, 0.2) is 0 Å². The molecule has 2 atom stereocenters. The van der Waals surface area contributed by atoms with E-state index in [1.807, 2.05) is 0 Å². The van der Waals surface area contributed by atoms with Crippen molar-refractivity contribution in [2.75, 3.05) is 19.6 Å². The van der Waals surface area contributed by atoms with Crippen molar-refractivity contribution >= 4 is 0 Å². The summed E-state index contributed by atoms with van der Waals surface area (Å²) in [6, 6.07) is 0. The van der Waals surface area contributed by atoms with E-state index in [0.717, 1.165) is 13.1 Å². The Hall–Kier alpha value is -0.0800. The third kappa shape index (κ3) is 2.44. The van der Waals surface area contributed by atoms with Crippen LogP contribution < -0.4 is 0 Å². The zero-order chi connectivity index (χ0) is 9.47. The Morgan fingerprint density at radius 3 is 2.23 bits per heavy atom. The lowest BCUT2D eigenvalue weighted by Crippen LogP contribution is -2.47. The molecule has 2 heteroatoms. The van der Waals surface area contributed by atoms with E-state index in [1.54, 1.807) is 0 Å². The van der Waals surface area contributed by atoms with Crippen LogP contribution in [-0.2, 0) is 4.74 Å². The first-order chi connectivity index (χ1) is 6.07. The third-order valence-electron chi connectivity index (χ3n) is 3.20. The van der Waals surface area contributed by atoms with Crippen LogP contribution in [-0.4, -0.2) is 36.7 Å². The molecule has 2 nitrogen and oxygen atoms in total. The molecule has 1 heterocycles. The van der Waals surface area contributed by atoms with E-state index in [-0.39, 0.29) is 0 Å². The Kier molecular flexibility index (Phi) is 2.37. The molecule has 0 aromatic heterocycles. The van der Waals surface area contributed by atoms with Crippen molar-refractivity contribution in [3.8, 4) is 0 Å². The molecular formula is C11H21NO. The van der Waals surface area contributed by atoms with Crippen LogP contribution in [0.1, 0.15) is 33.6 Å². The quantitative estimate of drug-likeness (QED) is 0.648. The van der Waals surface area contributed by atoms with Crippen molar-refractivity contribution in [3.63, 3.8) is 0 Å². The third-order valence-corrected chi connectivity index (χ3v) is 3.20. The largest absolute Gasteiger partial charge is 0.373 e. The van der Waals surface area contributed by atoms with E-state index >= 15 is 0 Å². The Morgan fingerprint density at radius 1 is 1.23 bits per heavy atom. The van der Waals surface area contributed by atoms with Gasteiger partial charge < -0.3 is 4.74 Å². The van der Waals surface area contributed by atoms with Gasteiger partial charge >= 0.3 is 0 Å². The lowest BCUT2D eigenvalue weighted by atomic mass is 10.1. The van der Waals surface area contributed by atoms with E-state index in [9.17, 15) is 0 Å². The first-order valence-corrected chi connectivity index (χ1v) is 5.45. The molecule has 2 fully saturated rings. The lowest BCUT2D eigenvalue weighted by Gasteiger charge is -2.36. The molecule has 13 heavy (non-hydrogen) atoms. The van der Waals surface area contributed by atoms with Crippen LogP contribution in [0.4, 0.5) is 0 Å². The maximum atomic E-state index is 5.71. The zero-order valence-corrected chi connectivity index (χ0v) is 9.05. The number of hydrogen-bond acceptors (Lipinski definition) is 2. The van der Waals surface area contributed by atoms with Crippen LogP contribution in [0.3, 0.4) is 0 Å². The molecule has 0 spiro atoms. The summed E-state index contributed by atoms with van der Waals surface area (Å²) in [7, 11) is 0. The van der Waals surface area contributed by atoms with Crippen LogP contribution in [0.5, 0.6) is 0 Å². The SMILES string of the molecule is C[C@H]1CN(CC2(C)CC2)C[C@H](C)O1. The van der Waals surface area contributed by atoms with Crippen LogP contribution in [0, 0.1) is 5.41 Å². The van der Waals surface area contributed by atoms with E-state index in [1.165, 1.54) is 19.4 Å². The van der Waals surface area contributed by atoms with Gasteiger partial charge in [0.05, 0.1) is 12.2 Å². The van der Waals surface area contributed by atoms with E-state index in [2.05, 4.69) is 25.7 Å². The fourth-order valence-corrected chi connectivity index (χ4v) is 2.32. The maximum absolute atomic E-state index is 5.71. The second-order valence-corrected chi connectivity index (χ2v) is 5.26. The molecule has 1 saturated carbocycles. The van der Waals surface area contributed by atoms with Gasteiger partial charge in [-0.05, 0) is 32.1 Å². The van der Waals surface area contributed by atoms with Gasteiger partial charge in [-0.25, -0.2) is 0 Å². The minimum Gasteiger partial charge on any atom is -0.373 e. The van der Waals surface area contributed by atoms with Gasteiger partial charge in [0.2, 0.25) is 0 Å². The average Bonchev–Trinajstić information content (AvgIpc) is 2.64. The predicted molar refractivity (Wildman–Crippen MR) is 53.8 cm³/mol. The molecule has 1 saturated heterocycles. The van der Waals surface area contributed by atoms with Crippen molar-refractivity contribution in [2.24, 2.45) is 5.41 Å². The number of hydrogen-bond donors (Lipinski definition) is 0. The molecule has 0 bridgehead atoms. The van der Waals surface area contributed by atoms with Crippen molar-refractivity contribution in [2.45, 2.75) is 45.8 Å². The van der Waals surface area contributed by atoms with Gasteiger partial charge in [0, 0.05) is 19.6 Å². The lowest BCUT2D eigenvalue weighted by molar-refractivity contribution is -0.0719. The predicted octanol–water partition coefficient (Wildman–Crippen LogP) is 1.90. The molecule has 2 rings (SSSR count). The molecule has 0 N–H and O–H groups in total. The van der Waals surface area contributed by atoms with Crippen molar-refractivity contribution in [1.82, 2.24) is 4.90 Å². The molecule has 1 aliphatic carbocycles. The Bertz CT molecular complexity index is 179. The number of rotatable bonds is 2. The maximum Gasteiger partial charge on any atom is 0.0678 e. The fourth-order valence-electron chi connectivity index (χ4n) is 2.32. The minimum atomic E-state index is 0.422. The molecule has 0 aromatic rings. The zero-order valence-electron chi connectivity index (χ0n) is 9.05. The van der Waals surface area contributed by atoms with Gasteiger partial charge in [-0.3, -0.25) is 4.90 Å².